The van der Waals surface area contributed by atoms with Crippen molar-refractivity contribution >= 4 is 39.5 Å². The number of rotatable bonds is 65. The molecule has 0 bridgehead atoms. The maximum atomic E-state index is 13.0. The van der Waals surface area contributed by atoms with Crippen LogP contribution < -0.4 is 0 Å². The lowest BCUT2D eigenvalue weighted by Crippen LogP contribution is -2.30. The second-order valence-electron chi connectivity index (χ2n) is 25.6. The summed E-state index contributed by atoms with van der Waals surface area (Å²) in [7, 11) is -9.89. The van der Waals surface area contributed by atoms with Crippen molar-refractivity contribution in [3.63, 3.8) is 0 Å². The van der Waals surface area contributed by atoms with E-state index in [9.17, 15) is 43.2 Å². The molecule has 3 N–H and O–H groups in total. The van der Waals surface area contributed by atoms with Gasteiger partial charge in [0.1, 0.15) is 19.3 Å². The zero-order valence-corrected chi connectivity index (χ0v) is 57.6. The van der Waals surface area contributed by atoms with Crippen LogP contribution in [0.5, 0.6) is 0 Å². The zero-order valence-electron chi connectivity index (χ0n) is 55.8. The summed E-state index contributed by atoms with van der Waals surface area (Å²) < 4.78 is 68.1. The Bertz CT molecular complexity index is 1700. The lowest BCUT2D eigenvalue weighted by Gasteiger charge is -2.21. The van der Waals surface area contributed by atoms with Crippen molar-refractivity contribution in [2.75, 3.05) is 39.6 Å². The summed E-state index contributed by atoms with van der Waals surface area (Å²) in [4.78, 5) is 72.3. The van der Waals surface area contributed by atoms with Crippen LogP contribution in [0.1, 0.15) is 331 Å². The zero-order chi connectivity index (χ0) is 63.8. The first-order valence-corrected chi connectivity index (χ1v) is 37.8. The number of aliphatic hydroxyl groups is 1. The van der Waals surface area contributed by atoms with Crippen LogP contribution in [0, 0.1) is 17.8 Å². The first-order valence-electron chi connectivity index (χ1n) is 34.8. The van der Waals surface area contributed by atoms with E-state index < -0.39 is 97.5 Å². The van der Waals surface area contributed by atoms with Crippen LogP contribution in [0.3, 0.4) is 0 Å². The molecule has 5 atom stereocenters. The fourth-order valence-electron chi connectivity index (χ4n) is 10.0. The minimum Gasteiger partial charge on any atom is -0.462 e. The first kappa shape index (κ1) is 84.1. The molecule has 0 spiro atoms. The van der Waals surface area contributed by atoms with Gasteiger partial charge in [-0.2, -0.15) is 0 Å². The van der Waals surface area contributed by atoms with E-state index in [4.69, 9.17) is 37.0 Å². The molecule has 19 heteroatoms. The van der Waals surface area contributed by atoms with Crippen molar-refractivity contribution in [1.29, 1.82) is 0 Å². The number of hydrogen-bond acceptors (Lipinski definition) is 15. The van der Waals surface area contributed by atoms with Crippen LogP contribution in [0.25, 0.3) is 0 Å². The van der Waals surface area contributed by atoms with E-state index in [2.05, 4.69) is 48.5 Å². The van der Waals surface area contributed by atoms with Gasteiger partial charge in [-0.25, -0.2) is 9.13 Å². The van der Waals surface area contributed by atoms with Gasteiger partial charge >= 0.3 is 39.5 Å². The fraction of sp³-hybridized carbons (Fsp3) is 0.940. The number of aliphatic hydroxyl groups excluding tert-OH is 1. The van der Waals surface area contributed by atoms with Crippen LogP contribution in [-0.2, 0) is 65.4 Å². The SMILES string of the molecule is CCCCCCCCCCCCCCCCCCCC(=O)O[C@H](COC(=O)CCCCCCCCCC(C)C)COP(=O)(O)OC[C@@H](O)COP(=O)(O)OC[C@@H](COC(=O)CCCCCCCCC(C)C)OC(=O)CCCCCCCCCC(C)C. The van der Waals surface area contributed by atoms with Gasteiger partial charge in [0.2, 0.25) is 0 Å². The van der Waals surface area contributed by atoms with Gasteiger partial charge in [0.15, 0.2) is 12.2 Å². The monoisotopic (exact) mass is 1270 g/mol. The van der Waals surface area contributed by atoms with Crippen molar-refractivity contribution in [2.24, 2.45) is 17.8 Å². The van der Waals surface area contributed by atoms with Gasteiger partial charge in [0, 0.05) is 25.7 Å². The predicted molar refractivity (Wildman–Crippen MR) is 344 cm³/mol. The molecule has 510 valence electrons. The van der Waals surface area contributed by atoms with Crippen molar-refractivity contribution in [3.8, 4) is 0 Å². The predicted octanol–water partition coefficient (Wildman–Crippen LogP) is 18.7. The summed E-state index contributed by atoms with van der Waals surface area (Å²) in [5.41, 5.74) is 0. The largest absolute Gasteiger partial charge is 0.472 e. The third kappa shape index (κ3) is 60.9. The quantitative estimate of drug-likeness (QED) is 0.0222. The van der Waals surface area contributed by atoms with Crippen LogP contribution in [-0.4, -0.2) is 96.7 Å². The number of carbonyl (C=O) groups is 4. The van der Waals surface area contributed by atoms with E-state index >= 15 is 0 Å². The average molecular weight is 1270 g/mol. The van der Waals surface area contributed by atoms with Gasteiger partial charge < -0.3 is 33.8 Å². The van der Waals surface area contributed by atoms with Crippen LogP contribution in [0.4, 0.5) is 0 Å². The summed E-state index contributed by atoms with van der Waals surface area (Å²) in [5.74, 6) is -0.0558. The highest BCUT2D eigenvalue weighted by molar-refractivity contribution is 7.47. The highest BCUT2D eigenvalue weighted by atomic mass is 31.2. The number of unbranched alkanes of at least 4 members (excludes halogenated alkanes) is 33. The van der Waals surface area contributed by atoms with Gasteiger partial charge in [-0.05, 0) is 43.4 Å². The average Bonchev–Trinajstić information content (AvgIpc) is 3.65. The molecule has 0 saturated carbocycles. The molecule has 0 aromatic rings. The Hall–Kier alpha value is -1.94. The van der Waals surface area contributed by atoms with E-state index in [1.807, 2.05) is 0 Å². The fourth-order valence-corrected chi connectivity index (χ4v) is 11.6. The molecule has 0 aromatic heterocycles. The number of esters is 4. The van der Waals surface area contributed by atoms with Crippen molar-refractivity contribution in [3.05, 3.63) is 0 Å². The Labute approximate surface area is 524 Å². The van der Waals surface area contributed by atoms with E-state index in [-0.39, 0.29) is 25.7 Å². The molecule has 0 aliphatic carbocycles. The highest BCUT2D eigenvalue weighted by Gasteiger charge is 2.30. The summed E-state index contributed by atoms with van der Waals surface area (Å²) in [5, 5.41) is 10.5. The molecule has 86 heavy (non-hydrogen) atoms. The molecule has 17 nitrogen and oxygen atoms in total. The molecule has 0 rings (SSSR count). The summed E-state index contributed by atoms with van der Waals surface area (Å²) in [6.45, 7) is 11.6. The van der Waals surface area contributed by atoms with Gasteiger partial charge in [0.25, 0.3) is 0 Å². The molecule has 0 saturated heterocycles. The van der Waals surface area contributed by atoms with Crippen molar-refractivity contribution < 1.29 is 80.2 Å². The molecule has 0 amide bonds. The lowest BCUT2D eigenvalue weighted by molar-refractivity contribution is -0.161. The number of hydrogen-bond donors (Lipinski definition) is 3. The van der Waals surface area contributed by atoms with Gasteiger partial charge in [-0.3, -0.25) is 37.3 Å². The van der Waals surface area contributed by atoms with Crippen LogP contribution >= 0.6 is 15.6 Å². The molecule has 0 radical (unpaired) electrons. The smallest absolute Gasteiger partial charge is 0.462 e. The van der Waals surface area contributed by atoms with Gasteiger partial charge in [-0.15, -0.1) is 0 Å². The molecule has 0 heterocycles. The van der Waals surface area contributed by atoms with E-state index in [1.165, 1.54) is 128 Å². The third-order valence-corrected chi connectivity index (χ3v) is 17.3. The summed E-state index contributed by atoms with van der Waals surface area (Å²) in [6.07, 6.45) is 40.7. The molecule has 0 aromatic carbocycles. The van der Waals surface area contributed by atoms with Crippen molar-refractivity contribution in [1.82, 2.24) is 0 Å². The second kappa shape index (κ2) is 58.2. The molecule has 0 aliphatic heterocycles. The third-order valence-electron chi connectivity index (χ3n) is 15.4. The Morgan fingerprint density at radius 1 is 0.314 bits per heavy atom. The van der Waals surface area contributed by atoms with Crippen molar-refractivity contribution in [2.45, 2.75) is 349 Å². The minimum atomic E-state index is -4.95. The standard InChI is InChI=1S/C67H130O17P2/c1-8-9-10-11-12-13-14-15-16-17-18-19-20-21-26-36-43-50-66(71)83-62(54-77-64(69)48-41-34-27-22-24-31-38-45-58(2)3)56-81-85(73,74)79-52-61(68)53-80-86(75,76)82-57-63(55-78-65(70)49-42-35-30-29-33-40-47-60(6)7)84-67(72)51-44-37-28-23-25-32-39-46-59(4)5/h58-63,68H,8-57H2,1-7H3,(H,73,74)(H,75,76)/t61-,62-,63-/m1/s1. The summed E-state index contributed by atoms with van der Waals surface area (Å²) in [6, 6.07) is 0. The number of phosphoric acid groups is 2. The van der Waals surface area contributed by atoms with Gasteiger partial charge in [0.05, 0.1) is 26.4 Å². The molecular formula is C67H130O17P2. The topological polar surface area (TPSA) is 237 Å². The van der Waals surface area contributed by atoms with E-state index in [0.29, 0.717) is 43.4 Å². The number of carbonyl (C=O) groups excluding carboxylic acids is 4. The molecular weight excluding hydrogens is 1140 g/mol. The Balaban J connectivity index is 5.21. The van der Waals surface area contributed by atoms with E-state index in [1.54, 1.807) is 0 Å². The number of phosphoric ester groups is 2. The number of ether oxygens (including phenoxy) is 4. The molecule has 0 aliphatic rings. The molecule has 2 unspecified atom stereocenters. The normalized spacial score (nSPS) is 14.3. The van der Waals surface area contributed by atoms with Crippen LogP contribution in [0.2, 0.25) is 0 Å². The minimum absolute atomic E-state index is 0.102. The van der Waals surface area contributed by atoms with Crippen LogP contribution in [0.15, 0.2) is 0 Å². The Morgan fingerprint density at radius 2 is 0.535 bits per heavy atom. The highest BCUT2D eigenvalue weighted by Crippen LogP contribution is 2.45. The molecule has 0 fully saturated rings. The second-order valence-corrected chi connectivity index (χ2v) is 28.5. The maximum absolute atomic E-state index is 13.0. The van der Waals surface area contributed by atoms with E-state index in [0.717, 1.165) is 103 Å². The first-order chi connectivity index (χ1) is 41.2. The lowest BCUT2D eigenvalue weighted by atomic mass is 10.0. The Kier molecular flexibility index (Phi) is 56.9. The maximum Gasteiger partial charge on any atom is 0.472 e. The Morgan fingerprint density at radius 3 is 0.791 bits per heavy atom. The summed E-state index contributed by atoms with van der Waals surface area (Å²) >= 11 is 0. The van der Waals surface area contributed by atoms with Gasteiger partial charge in [-0.1, -0.05) is 280 Å².